The molecule has 0 saturated carbocycles. The third kappa shape index (κ3) is 4.11. The van der Waals surface area contributed by atoms with Gasteiger partial charge in [0.1, 0.15) is 5.75 Å². The fraction of sp³-hybridized carbons (Fsp3) is 0.333. The third-order valence-electron chi connectivity index (χ3n) is 1.73. The quantitative estimate of drug-likeness (QED) is 0.732. The fourth-order valence-electron chi connectivity index (χ4n) is 1.05. The van der Waals surface area contributed by atoms with Crippen molar-refractivity contribution < 1.29 is 14.6 Å². The van der Waals surface area contributed by atoms with Gasteiger partial charge in [-0.1, -0.05) is 12.1 Å². The number of rotatable bonds is 3. The number of benzene rings is 1. The third-order valence-corrected chi connectivity index (χ3v) is 2.78. The first kappa shape index (κ1) is 10.3. The second-order valence-corrected chi connectivity index (χ2v) is 5.74. The summed E-state index contributed by atoms with van der Waals surface area (Å²) in [5.41, 5.74) is 0.885. The van der Waals surface area contributed by atoms with E-state index >= 15 is 0 Å². The summed E-state index contributed by atoms with van der Waals surface area (Å²) in [5.74, 6) is 0.196. The zero-order valence-corrected chi connectivity index (χ0v) is 8.37. The fourth-order valence-corrected chi connectivity index (χ4v) is 1.72. The van der Waals surface area contributed by atoms with Gasteiger partial charge in [-0.2, -0.15) is 0 Å². The number of phenolic OH excluding ortho intramolecular Hbond substituents is 1. The standard InChI is InChI=1S/C9H13O3P/c1-13(11,12)6-5-8-3-2-4-9(10)7-8/h2-4,7,10H,5-6H2,1H3,(H,11,12). The van der Waals surface area contributed by atoms with Crippen LogP contribution < -0.4 is 0 Å². The van der Waals surface area contributed by atoms with Crippen LogP contribution in [0, 0.1) is 0 Å². The van der Waals surface area contributed by atoms with Gasteiger partial charge in [-0.25, -0.2) is 0 Å². The first-order valence-corrected chi connectivity index (χ1v) is 6.34. The molecule has 0 radical (unpaired) electrons. The van der Waals surface area contributed by atoms with Crippen LogP contribution in [0.2, 0.25) is 0 Å². The molecule has 1 atom stereocenters. The van der Waals surface area contributed by atoms with Gasteiger partial charge >= 0.3 is 0 Å². The van der Waals surface area contributed by atoms with Gasteiger partial charge in [0, 0.05) is 12.8 Å². The second-order valence-electron chi connectivity index (χ2n) is 3.19. The molecule has 1 aromatic carbocycles. The van der Waals surface area contributed by atoms with E-state index in [0.717, 1.165) is 5.56 Å². The smallest absolute Gasteiger partial charge is 0.197 e. The summed E-state index contributed by atoms with van der Waals surface area (Å²) in [6.07, 6.45) is 0.787. The molecule has 0 aliphatic heterocycles. The summed E-state index contributed by atoms with van der Waals surface area (Å²) >= 11 is 0. The Hall–Kier alpha value is -0.790. The number of aromatic hydroxyl groups is 1. The van der Waals surface area contributed by atoms with E-state index < -0.39 is 7.37 Å². The van der Waals surface area contributed by atoms with Crippen LogP contribution in [-0.4, -0.2) is 22.8 Å². The highest BCUT2D eigenvalue weighted by atomic mass is 31.2. The van der Waals surface area contributed by atoms with Gasteiger partial charge in [0.25, 0.3) is 0 Å². The molecule has 0 aromatic heterocycles. The topological polar surface area (TPSA) is 57.5 Å². The summed E-state index contributed by atoms with van der Waals surface area (Å²) in [6.45, 7) is 1.34. The first-order chi connectivity index (χ1) is 5.97. The van der Waals surface area contributed by atoms with E-state index in [1.165, 1.54) is 6.66 Å². The average Bonchev–Trinajstić information content (AvgIpc) is 2.00. The molecular weight excluding hydrogens is 187 g/mol. The van der Waals surface area contributed by atoms with E-state index in [1.54, 1.807) is 18.2 Å². The largest absolute Gasteiger partial charge is 0.508 e. The summed E-state index contributed by atoms with van der Waals surface area (Å²) in [7, 11) is -2.93. The Morgan fingerprint density at radius 2 is 2.15 bits per heavy atom. The van der Waals surface area contributed by atoms with Crippen molar-refractivity contribution in [3.8, 4) is 5.75 Å². The first-order valence-electron chi connectivity index (χ1n) is 4.04. The Bertz CT molecular complexity index is 329. The zero-order valence-electron chi connectivity index (χ0n) is 7.47. The van der Waals surface area contributed by atoms with Crippen LogP contribution in [0.15, 0.2) is 24.3 Å². The second kappa shape index (κ2) is 3.95. The van der Waals surface area contributed by atoms with Gasteiger partial charge in [-0.05, 0) is 24.1 Å². The van der Waals surface area contributed by atoms with Crippen LogP contribution in [-0.2, 0) is 11.0 Å². The summed E-state index contributed by atoms with van der Waals surface area (Å²) in [4.78, 5) is 9.04. The predicted octanol–water partition coefficient (Wildman–Crippen LogP) is 1.83. The molecule has 1 aromatic rings. The molecule has 1 rings (SSSR count). The predicted molar refractivity (Wildman–Crippen MR) is 52.4 cm³/mol. The molecule has 3 nitrogen and oxygen atoms in total. The summed E-state index contributed by atoms with van der Waals surface area (Å²) in [5, 5.41) is 9.11. The molecular formula is C9H13O3P. The van der Waals surface area contributed by atoms with Crippen LogP contribution in [0.25, 0.3) is 0 Å². The van der Waals surface area contributed by atoms with Crippen molar-refractivity contribution in [2.75, 3.05) is 12.8 Å². The van der Waals surface area contributed by atoms with Gasteiger partial charge in [-0.3, -0.25) is 4.57 Å². The van der Waals surface area contributed by atoms with Crippen molar-refractivity contribution in [1.29, 1.82) is 0 Å². The van der Waals surface area contributed by atoms with Crippen LogP contribution in [0.1, 0.15) is 5.56 Å². The SMILES string of the molecule is CP(=O)(O)CCc1cccc(O)c1. The number of hydrogen-bond donors (Lipinski definition) is 2. The van der Waals surface area contributed by atoms with E-state index in [9.17, 15) is 4.57 Å². The number of hydrogen-bond acceptors (Lipinski definition) is 2. The maximum atomic E-state index is 11.0. The van der Waals surface area contributed by atoms with E-state index in [4.69, 9.17) is 10.00 Å². The monoisotopic (exact) mass is 200 g/mol. The van der Waals surface area contributed by atoms with Gasteiger partial charge < -0.3 is 10.00 Å². The minimum Gasteiger partial charge on any atom is -0.508 e. The van der Waals surface area contributed by atoms with Crippen LogP contribution >= 0.6 is 7.37 Å². The number of phenols is 1. The maximum absolute atomic E-state index is 11.0. The van der Waals surface area contributed by atoms with E-state index in [2.05, 4.69) is 0 Å². The lowest BCUT2D eigenvalue weighted by Crippen LogP contribution is -1.92. The highest BCUT2D eigenvalue weighted by molar-refractivity contribution is 7.57. The van der Waals surface area contributed by atoms with Gasteiger partial charge in [-0.15, -0.1) is 0 Å². The van der Waals surface area contributed by atoms with Crippen molar-refractivity contribution in [1.82, 2.24) is 0 Å². The molecule has 0 heterocycles. The molecule has 2 N–H and O–H groups in total. The van der Waals surface area contributed by atoms with E-state index in [0.29, 0.717) is 6.42 Å². The molecule has 0 amide bonds. The lowest BCUT2D eigenvalue weighted by Gasteiger charge is -2.04. The molecule has 0 saturated heterocycles. The van der Waals surface area contributed by atoms with Crippen molar-refractivity contribution >= 4 is 7.37 Å². The van der Waals surface area contributed by atoms with Gasteiger partial charge in [0.15, 0.2) is 7.37 Å². The van der Waals surface area contributed by atoms with E-state index in [-0.39, 0.29) is 11.9 Å². The molecule has 1 unspecified atom stereocenters. The van der Waals surface area contributed by atoms with Gasteiger partial charge in [0.05, 0.1) is 0 Å². The zero-order chi connectivity index (χ0) is 9.90. The van der Waals surface area contributed by atoms with Crippen LogP contribution in [0.5, 0.6) is 5.75 Å². The maximum Gasteiger partial charge on any atom is 0.197 e. The normalized spacial score (nSPS) is 15.2. The van der Waals surface area contributed by atoms with Crippen LogP contribution in [0.4, 0.5) is 0 Å². The minimum atomic E-state index is -2.93. The lowest BCUT2D eigenvalue weighted by molar-refractivity contribution is 0.473. The molecule has 13 heavy (non-hydrogen) atoms. The Kier molecular flexibility index (Phi) is 3.12. The average molecular weight is 200 g/mol. The Morgan fingerprint density at radius 1 is 1.46 bits per heavy atom. The molecule has 0 fully saturated rings. The molecule has 0 aliphatic rings. The van der Waals surface area contributed by atoms with Crippen molar-refractivity contribution in [3.05, 3.63) is 29.8 Å². The lowest BCUT2D eigenvalue weighted by atomic mass is 10.2. The minimum absolute atomic E-state index is 0.196. The molecule has 0 bridgehead atoms. The Morgan fingerprint density at radius 3 is 2.69 bits per heavy atom. The van der Waals surface area contributed by atoms with Crippen molar-refractivity contribution in [2.24, 2.45) is 0 Å². The Labute approximate surface area is 77.5 Å². The van der Waals surface area contributed by atoms with E-state index in [1.807, 2.05) is 6.07 Å². The summed E-state index contributed by atoms with van der Waals surface area (Å²) < 4.78 is 11.0. The summed E-state index contributed by atoms with van der Waals surface area (Å²) in [6, 6.07) is 6.74. The van der Waals surface area contributed by atoms with Gasteiger partial charge in [0.2, 0.25) is 0 Å². The molecule has 0 aliphatic carbocycles. The highest BCUT2D eigenvalue weighted by Crippen LogP contribution is 2.35. The molecule has 0 spiro atoms. The van der Waals surface area contributed by atoms with Crippen molar-refractivity contribution in [2.45, 2.75) is 6.42 Å². The van der Waals surface area contributed by atoms with Crippen LogP contribution in [0.3, 0.4) is 0 Å². The highest BCUT2D eigenvalue weighted by Gasteiger charge is 2.09. The van der Waals surface area contributed by atoms with Crippen molar-refractivity contribution in [3.63, 3.8) is 0 Å². The molecule has 4 heteroatoms. The Balaban J connectivity index is 2.60. The number of aryl methyl sites for hydroxylation is 1. The molecule has 72 valence electrons.